The van der Waals surface area contributed by atoms with E-state index in [0.29, 0.717) is 32.7 Å². The van der Waals surface area contributed by atoms with Gasteiger partial charge in [-0.3, -0.25) is 4.79 Å². The number of nitrogens with one attached hydrogen (secondary N) is 2. The molecule has 1 heterocycles. The van der Waals surface area contributed by atoms with Gasteiger partial charge in [0.25, 0.3) is 5.91 Å². The van der Waals surface area contributed by atoms with Crippen LogP contribution in [0.1, 0.15) is 36.6 Å². The second kappa shape index (κ2) is 10.2. The van der Waals surface area contributed by atoms with Crippen LogP contribution in [0.15, 0.2) is 54.6 Å². The lowest BCUT2D eigenvalue weighted by molar-refractivity contribution is -0.895. The monoisotopic (exact) mass is 430 g/mol. The first-order chi connectivity index (χ1) is 14.4. The highest BCUT2D eigenvalue weighted by atomic mass is 32.2. The maximum Gasteiger partial charge on any atom is 0.275 e. The van der Waals surface area contributed by atoms with Gasteiger partial charge in [-0.25, -0.2) is 8.42 Å². The van der Waals surface area contributed by atoms with Crippen LogP contribution >= 0.6 is 0 Å². The molecule has 0 radical (unpaired) electrons. The molecule has 0 bridgehead atoms. The summed E-state index contributed by atoms with van der Waals surface area (Å²) in [6, 6.07) is 17.5. The van der Waals surface area contributed by atoms with Crippen molar-refractivity contribution in [2.45, 2.75) is 32.1 Å². The van der Waals surface area contributed by atoms with Gasteiger partial charge in [-0.1, -0.05) is 61.5 Å². The van der Waals surface area contributed by atoms with Gasteiger partial charge in [-0.15, -0.1) is 0 Å². The van der Waals surface area contributed by atoms with Gasteiger partial charge in [0.05, 0.1) is 38.0 Å². The van der Waals surface area contributed by atoms with Crippen molar-refractivity contribution in [3.05, 3.63) is 71.3 Å². The molecule has 1 atom stereocenters. The quantitative estimate of drug-likeness (QED) is 0.660. The SMILES string of the molecule is CCc1ccc([C@@H](C)NC(=O)C[NH+]2CCN(S(=O)(=O)Cc3ccccc3)CC2)cc1. The van der Waals surface area contributed by atoms with Crippen molar-refractivity contribution < 1.29 is 18.1 Å². The Balaban J connectivity index is 1.46. The van der Waals surface area contributed by atoms with Crippen LogP contribution in [0, 0.1) is 0 Å². The molecular weight excluding hydrogens is 398 g/mol. The summed E-state index contributed by atoms with van der Waals surface area (Å²) in [4.78, 5) is 13.6. The van der Waals surface area contributed by atoms with Crippen molar-refractivity contribution in [1.29, 1.82) is 0 Å². The highest BCUT2D eigenvalue weighted by molar-refractivity contribution is 7.88. The molecule has 1 fully saturated rings. The van der Waals surface area contributed by atoms with E-state index in [2.05, 4.69) is 36.5 Å². The summed E-state index contributed by atoms with van der Waals surface area (Å²) in [6.45, 7) is 6.65. The number of hydrogen-bond acceptors (Lipinski definition) is 3. The second-order valence-corrected chi connectivity index (χ2v) is 9.92. The van der Waals surface area contributed by atoms with E-state index in [-0.39, 0.29) is 17.7 Å². The Morgan fingerprint density at radius 3 is 2.27 bits per heavy atom. The van der Waals surface area contributed by atoms with Gasteiger partial charge in [-0.2, -0.15) is 4.31 Å². The third kappa shape index (κ3) is 6.14. The summed E-state index contributed by atoms with van der Waals surface area (Å²) in [5, 5.41) is 3.06. The molecule has 30 heavy (non-hydrogen) atoms. The van der Waals surface area contributed by atoms with Gasteiger partial charge in [0.15, 0.2) is 6.54 Å². The van der Waals surface area contributed by atoms with Gasteiger partial charge in [0, 0.05) is 0 Å². The molecule has 2 N–H and O–H groups in total. The Kier molecular flexibility index (Phi) is 7.64. The summed E-state index contributed by atoms with van der Waals surface area (Å²) in [6.07, 6.45) is 0.997. The van der Waals surface area contributed by atoms with E-state index in [9.17, 15) is 13.2 Å². The van der Waals surface area contributed by atoms with Gasteiger partial charge in [0.1, 0.15) is 0 Å². The molecule has 7 heteroatoms. The molecule has 1 saturated heterocycles. The molecule has 162 valence electrons. The fourth-order valence-electron chi connectivity index (χ4n) is 3.78. The minimum absolute atomic E-state index is 0.00217. The average Bonchev–Trinajstić information content (AvgIpc) is 2.74. The zero-order valence-corrected chi connectivity index (χ0v) is 18.6. The first kappa shape index (κ1) is 22.5. The number of rotatable bonds is 8. The highest BCUT2D eigenvalue weighted by Gasteiger charge is 2.30. The normalized spacial score (nSPS) is 16.9. The third-order valence-corrected chi connectivity index (χ3v) is 7.54. The molecule has 1 aliphatic rings. The van der Waals surface area contributed by atoms with Crippen molar-refractivity contribution in [2.75, 3.05) is 32.7 Å². The second-order valence-electron chi connectivity index (χ2n) is 7.95. The van der Waals surface area contributed by atoms with E-state index >= 15 is 0 Å². The molecule has 1 amide bonds. The van der Waals surface area contributed by atoms with E-state index in [1.54, 1.807) is 4.31 Å². The first-order valence-corrected chi connectivity index (χ1v) is 12.2. The molecule has 6 nitrogen and oxygen atoms in total. The smallest absolute Gasteiger partial charge is 0.275 e. The molecule has 2 aromatic rings. The Hall–Kier alpha value is -2.22. The number of quaternary nitrogens is 1. The molecule has 1 aliphatic heterocycles. The van der Waals surface area contributed by atoms with Crippen molar-refractivity contribution >= 4 is 15.9 Å². The standard InChI is InChI=1S/C23H31N3O3S/c1-3-20-9-11-22(12-10-20)19(2)24-23(27)17-25-13-15-26(16-14-25)30(28,29)18-21-7-5-4-6-8-21/h4-12,19H,3,13-18H2,1-2H3,(H,24,27)/p+1/t19-/m1/s1. The summed E-state index contributed by atoms with van der Waals surface area (Å²) >= 11 is 0. The highest BCUT2D eigenvalue weighted by Crippen LogP contribution is 2.14. The van der Waals surface area contributed by atoms with Gasteiger partial charge < -0.3 is 10.2 Å². The number of nitrogens with zero attached hydrogens (tertiary/aromatic N) is 1. The molecule has 0 saturated carbocycles. The Morgan fingerprint density at radius 1 is 1.03 bits per heavy atom. The fourth-order valence-corrected chi connectivity index (χ4v) is 5.31. The molecule has 0 spiro atoms. The molecule has 0 aliphatic carbocycles. The Bertz CT molecular complexity index is 922. The van der Waals surface area contributed by atoms with Gasteiger partial charge >= 0.3 is 0 Å². The maximum absolute atomic E-state index is 12.7. The van der Waals surface area contributed by atoms with Gasteiger partial charge in [0.2, 0.25) is 10.0 Å². The van der Waals surface area contributed by atoms with E-state index in [1.807, 2.05) is 37.3 Å². The van der Waals surface area contributed by atoms with E-state index in [0.717, 1.165) is 22.4 Å². The summed E-state index contributed by atoms with van der Waals surface area (Å²) in [5.74, 6) is 0.0236. The molecule has 0 unspecified atom stereocenters. The van der Waals surface area contributed by atoms with Crippen LogP contribution in [0.4, 0.5) is 0 Å². The van der Waals surface area contributed by atoms with Crippen LogP contribution in [-0.4, -0.2) is 51.4 Å². The number of carbonyl (C=O) groups is 1. The average molecular weight is 431 g/mol. The van der Waals surface area contributed by atoms with E-state index in [1.165, 1.54) is 5.56 Å². The molecule has 2 aromatic carbocycles. The number of amides is 1. The van der Waals surface area contributed by atoms with Crippen molar-refractivity contribution in [2.24, 2.45) is 0 Å². The van der Waals surface area contributed by atoms with Crippen molar-refractivity contribution in [3.8, 4) is 0 Å². The van der Waals surface area contributed by atoms with Crippen molar-refractivity contribution in [1.82, 2.24) is 9.62 Å². The Morgan fingerprint density at radius 2 is 1.67 bits per heavy atom. The van der Waals surface area contributed by atoms with Crippen LogP contribution in [0.3, 0.4) is 0 Å². The van der Waals surface area contributed by atoms with Gasteiger partial charge in [-0.05, 0) is 30.0 Å². The van der Waals surface area contributed by atoms with Crippen LogP contribution in [0.5, 0.6) is 0 Å². The van der Waals surface area contributed by atoms with E-state index < -0.39 is 10.0 Å². The lowest BCUT2D eigenvalue weighted by Crippen LogP contribution is -3.15. The fraction of sp³-hybridized carbons (Fsp3) is 0.435. The summed E-state index contributed by atoms with van der Waals surface area (Å²) < 4.78 is 26.9. The predicted molar refractivity (Wildman–Crippen MR) is 119 cm³/mol. The lowest BCUT2D eigenvalue weighted by Gasteiger charge is -2.31. The van der Waals surface area contributed by atoms with Crippen molar-refractivity contribution in [3.63, 3.8) is 0 Å². The summed E-state index contributed by atoms with van der Waals surface area (Å²) in [5.41, 5.74) is 3.17. The van der Waals surface area contributed by atoms with Crippen LogP contribution < -0.4 is 10.2 Å². The minimum atomic E-state index is -3.33. The van der Waals surface area contributed by atoms with Crippen LogP contribution in [0.25, 0.3) is 0 Å². The third-order valence-electron chi connectivity index (χ3n) is 5.69. The topological polar surface area (TPSA) is 70.9 Å². The van der Waals surface area contributed by atoms with Crippen LogP contribution in [0.2, 0.25) is 0 Å². The lowest BCUT2D eigenvalue weighted by atomic mass is 10.1. The molecule has 3 rings (SSSR count). The number of sulfonamides is 1. The summed E-state index contributed by atoms with van der Waals surface area (Å²) in [7, 11) is -3.33. The number of carbonyl (C=O) groups excluding carboxylic acids is 1. The number of benzene rings is 2. The van der Waals surface area contributed by atoms with E-state index in [4.69, 9.17) is 0 Å². The largest absolute Gasteiger partial charge is 0.345 e. The zero-order chi connectivity index (χ0) is 21.6. The maximum atomic E-state index is 12.7. The number of piperazine rings is 1. The predicted octanol–water partition coefficient (Wildman–Crippen LogP) is 1.16. The minimum Gasteiger partial charge on any atom is -0.345 e. The first-order valence-electron chi connectivity index (χ1n) is 10.6. The van der Waals surface area contributed by atoms with Crippen LogP contribution in [-0.2, 0) is 27.0 Å². The molecule has 0 aromatic heterocycles. The number of hydrogen-bond donors (Lipinski definition) is 2. The molecular formula is C23H32N3O3S+. The number of aryl methyl sites for hydroxylation is 1. The Labute approximate surface area is 179 Å². The zero-order valence-electron chi connectivity index (χ0n) is 17.8.